The molecule has 0 saturated carbocycles. The summed E-state index contributed by atoms with van der Waals surface area (Å²) in [5, 5.41) is 2.93. The van der Waals surface area contributed by atoms with E-state index in [1.807, 2.05) is 72.5 Å². The van der Waals surface area contributed by atoms with Crippen LogP contribution in [0.4, 0.5) is 11.4 Å². The molecule has 2 amide bonds. The Hall–Kier alpha value is -4.06. The van der Waals surface area contributed by atoms with E-state index in [4.69, 9.17) is 4.74 Å². The highest BCUT2D eigenvalue weighted by atomic mass is 16.5. The summed E-state index contributed by atoms with van der Waals surface area (Å²) in [7, 11) is 0. The second-order valence-corrected chi connectivity index (χ2v) is 8.01. The van der Waals surface area contributed by atoms with E-state index in [0.717, 1.165) is 35.8 Å². The molecule has 0 spiro atoms. The molecule has 6 nitrogen and oxygen atoms in total. The molecule has 3 aromatic rings. The molecule has 1 saturated heterocycles. The Bertz CT molecular complexity index is 1120. The van der Waals surface area contributed by atoms with E-state index in [1.54, 1.807) is 30.3 Å². The fourth-order valence-electron chi connectivity index (χ4n) is 3.85. The quantitative estimate of drug-likeness (QED) is 0.525. The summed E-state index contributed by atoms with van der Waals surface area (Å²) < 4.78 is 5.42. The molecule has 174 valence electrons. The largest absolute Gasteiger partial charge is 0.494 e. The van der Waals surface area contributed by atoms with E-state index in [9.17, 15) is 9.59 Å². The molecule has 0 atom stereocenters. The van der Waals surface area contributed by atoms with Gasteiger partial charge in [0.2, 0.25) is 5.91 Å². The van der Waals surface area contributed by atoms with Crippen LogP contribution in [-0.2, 0) is 4.79 Å². The number of benzene rings is 3. The highest BCUT2D eigenvalue weighted by Crippen LogP contribution is 2.21. The smallest absolute Gasteiger partial charge is 0.255 e. The van der Waals surface area contributed by atoms with Crippen molar-refractivity contribution in [1.82, 2.24) is 4.90 Å². The number of carbonyl (C=O) groups excluding carboxylic acids is 2. The van der Waals surface area contributed by atoms with Crippen LogP contribution < -0.4 is 15.0 Å². The number of rotatable bonds is 7. The second-order valence-electron chi connectivity index (χ2n) is 8.01. The summed E-state index contributed by atoms with van der Waals surface area (Å²) in [5.74, 6) is 0.625. The van der Waals surface area contributed by atoms with Crippen molar-refractivity contribution in [2.45, 2.75) is 6.92 Å². The maximum atomic E-state index is 12.5. The van der Waals surface area contributed by atoms with Crippen LogP contribution in [0.3, 0.4) is 0 Å². The number of piperazine rings is 1. The van der Waals surface area contributed by atoms with E-state index in [2.05, 4.69) is 10.2 Å². The average molecular weight is 456 g/mol. The summed E-state index contributed by atoms with van der Waals surface area (Å²) in [4.78, 5) is 29.1. The Labute approximate surface area is 200 Å². The third kappa shape index (κ3) is 6.04. The van der Waals surface area contributed by atoms with Crippen LogP contribution in [0.15, 0.2) is 84.9 Å². The first-order valence-corrected chi connectivity index (χ1v) is 11.5. The molecular formula is C28H29N3O3. The summed E-state index contributed by atoms with van der Waals surface area (Å²) in [5.41, 5.74) is 3.41. The predicted molar refractivity (Wildman–Crippen MR) is 136 cm³/mol. The summed E-state index contributed by atoms with van der Waals surface area (Å²) >= 11 is 0. The van der Waals surface area contributed by atoms with E-state index in [0.29, 0.717) is 25.3 Å². The lowest BCUT2D eigenvalue weighted by Crippen LogP contribution is -2.48. The second kappa shape index (κ2) is 11.2. The third-order valence-corrected chi connectivity index (χ3v) is 5.73. The molecule has 0 aliphatic carbocycles. The molecule has 1 N–H and O–H groups in total. The van der Waals surface area contributed by atoms with Crippen molar-refractivity contribution in [3.05, 3.63) is 96.1 Å². The Morgan fingerprint density at radius 3 is 2.21 bits per heavy atom. The van der Waals surface area contributed by atoms with Gasteiger partial charge < -0.3 is 19.9 Å². The van der Waals surface area contributed by atoms with Gasteiger partial charge in [0.05, 0.1) is 6.61 Å². The first-order valence-electron chi connectivity index (χ1n) is 11.5. The lowest BCUT2D eigenvalue weighted by molar-refractivity contribution is -0.126. The van der Waals surface area contributed by atoms with Crippen LogP contribution >= 0.6 is 0 Å². The summed E-state index contributed by atoms with van der Waals surface area (Å²) in [6, 6.07) is 24.7. The monoisotopic (exact) mass is 455 g/mol. The van der Waals surface area contributed by atoms with Gasteiger partial charge in [-0.05, 0) is 67.1 Å². The number of anilines is 2. The fourth-order valence-corrected chi connectivity index (χ4v) is 3.85. The maximum Gasteiger partial charge on any atom is 0.255 e. The number of hydrogen-bond acceptors (Lipinski definition) is 4. The van der Waals surface area contributed by atoms with Crippen LogP contribution in [0, 0.1) is 0 Å². The van der Waals surface area contributed by atoms with Crippen molar-refractivity contribution in [1.29, 1.82) is 0 Å². The standard InChI is InChI=1S/C28H29N3O3/c1-2-34-26-15-9-23(10-16-26)28(33)29-24-11-13-25(14-12-24)30-18-20-31(21-19-30)27(32)17-8-22-6-4-3-5-7-22/h3-17H,2,18-21H2,1H3,(H,29,33)/b17-8+. The predicted octanol–water partition coefficient (Wildman–Crippen LogP) is 4.70. The Balaban J connectivity index is 1.27. The van der Waals surface area contributed by atoms with Crippen molar-refractivity contribution >= 4 is 29.3 Å². The Morgan fingerprint density at radius 1 is 0.882 bits per heavy atom. The minimum absolute atomic E-state index is 0.0378. The van der Waals surface area contributed by atoms with Gasteiger partial charge in [-0.2, -0.15) is 0 Å². The topological polar surface area (TPSA) is 61.9 Å². The molecule has 6 heteroatoms. The lowest BCUT2D eigenvalue weighted by Gasteiger charge is -2.35. The van der Waals surface area contributed by atoms with E-state index < -0.39 is 0 Å². The number of ether oxygens (including phenoxy) is 1. The Kier molecular flexibility index (Phi) is 7.60. The number of nitrogens with one attached hydrogen (secondary N) is 1. The number of hydrogen-bond donors (Lipinski definition) is 1. The van der Waals surface area contributed by atoms with Crippen LogP contribution in [-0.4, -0.2) is 49.5 Å². The Morgan fingerprint density at radius 2 is 1.56 bits per heavy atom. The maximum absolute atomic E-state index is 12.5. The van der Waals surface area contributed by atoms with Gasteiger partial charge in [0.25, 0.3) is 5.91 Å². The molecule has 34 heavy (non-hydrogen) atoms. The van der Waals surface area contributed by atoms with Gasteiger partial charge in [-0.15, -0.1) is 0 Å². The van der Waals surface area contributed by atoms with Crippen molar-refractivity contribution in [2.24, 2.45) is 0 Å². The number of amides is 2. The number of carbonyl (C=O) groups is 2. The molecule has 0 aromatic heterocycles. The van der Waals surface area contributed by atoms with Gasteiger partial charge in [0, 0.05) is 49.2 Å². The normalized spacial score (nSPS) is 13.7. The van der Waals surface area contributed by atoms with Gasteiger partial charge in [-0.1, -0.05) is 30.3 Å². The minimum Gasteiger partial charge on any atom is -0.494 e. The first kappa shape index (κ1) is 23.1. The third-order valence-electron chi connectivity index (χ3n) is 5.73. The van der Waals surface area contributed by atoms with Gasteiger partial charge >= 0.3 is 0 Å². The zero-order chi connectivity index (χ0) is 23.8. The molecule has 0 unspecified atom stereocenters. The molecular weight excluding hydrogens is 426 g/mol. The van der Waals surface area contributed by atoms with E-state index in [1.165, 1.54) is 0 Å². The van der Waals surface area contributed by atoms with Crippen LogP contribution in [0.5, 0.6) is 5.75 Å². The van der Waals surface area contributed by atoms with Crippen molar-refractivity contribution in [3.8, 4) is 5.75 Å². The van der Waals surface area contributed by atoms with Crippen molar-refractivity contribution in [2.75, 3.05) is 43.0 Å². The lowest BCUT2D eigenvalue weighted by atomic mass is 10.2. The molecule has 1 heterocycles. The molecule has 4 rings (SSSR count). The van der Waals surface area contributed by atoms with Gasteiger partial charge in [0.1, 0.15) is 5.75 Å². The molecule has 3 aromatic carbocycles. The molecule has 0 bridgehead atoms. The molecule has 1 fully saturated rings. The van der Waals surface area contributed by atoms with Crippen LogP contribution in [0.1, 0.15) is 22.8 Å². The van der Waals surface area contributed by atoms with Crippen molar-refractivity contribution in [3.63, 3.8) is 0 Å². The van der Waals surface area contributed by atoms with Gasteiger partial charge in [0.15, 0.2) is 0 Å². The fraction of sp³-hybridized carbons (Fsp3) is 0.214. The SMILES string of the molecule is CCOc1ccc(C(=O)Nc2ccc(N3CCN(C(=O)/C=C/c4ccccc4)CC3)cc2)cc1. The van der Waals surface area contributed by atoms with Gasteiger partial charge in [-0.25, -0.2) is 0 Å². The minimum atomic E-state index is -0.161. The molecule has 0 radical (unpaired) electrons. The van der Waals surface area contributed by atoms with Crippen molar-refractivity contribution < 1.29 is 14.3 Å². The average Bonchev–Trinajstić information content (AvgIpc) is 2.89. The molecule has 1 aliphatic heterocycles. The number of nitrogens with zero attached hydrogens (tertiary/aromatic N) is 2. The zero-order valence-corrected chi connectivity index (χ0v) is 19.3. The van der Waals surface area contributed by atoms with E-state index >= 15 is 0 Å². The van der Waals surface area contributed by atoms with Gasteiger partial charge in [-0.3, -0.25) is 9.59 Å². The zero-order valence-electron chi connectivity index (χ0n) is 19.3. The highest BCUT2D eigenvalue weighted by molar-refractivity contribution is 6.04. The van der Waals surface area contributed by atoms with Crippen LogP contribution in [0.2, 0.25) is 0 Å². The highest BCUT2D eigenvalue weighted by Gasteiger charge is 2.20. The van der Waals surface area contributed by atoms with E-state index in [-0.39, 0.29) is 11.8 Å². The summed E-state index contributed by atoms with van der Waals surface area (Å²) in [6.45, 7) is 5.40. The van der Waals surface area contributed by atoms with Crippen LogP contribution in [0.25, 0.3) is 6.08 Å². The first-order chi connectivity index (χ1) is 16.6. The molecule has 1 aliphatic rings. The summed E-state index contributed by atoms with van der Waals surface area (Å²) in [6.07, 6.45) is 3.50.